The number of carbonyl (C=O) groups excluding carboxylic acids is 1. The van der Waals surface area contributed by atoms with Crippen LogP contribution < -0.4 is 0 Å². The van der Waals surface area contributed by atoms with Crippen molar-refractivity contribution < 1.29 is 4.79 Å². The first kappa shape index (κ1) is 21.9. The van der Waals surface area contributed by atoms with Crippen LogP contribution in [0.2, 0.25) is 0 Å². The SMILES string of the molecule is C[C@H]1CCCN1C(=O)CCc1ccccc1.Cc1cc2cc(-c3cn[nH]c3)ccc2n1C. The lowest BCUT2D eigenvalue weighted by Crippen LogP contribution is -2.33. The number of aryl methyl sites for hydroxylation is 3. The molecule has 1 atom stereocenters. The van der Waals surface area contributed by atoms with E-state index in [2.05, 4.69) is 72.1 Å². The summed E-state index contributed by atoms with van der Waals surface area (Å²) in [6.07, 6.45) is 7.60. The highest BCUT2D eigenvalue weighted by molar-refractivity contribution is 5.86. The molecule has 1 saturated heterocycles. The van der Waals surface area contributed by atoms with Crippen LogP contribution in [0.25, 0.3) is 22.0 Å². The van der Waals surface area contributed by atoms with Gasteiger partial charge in [0.15, 0.2) is 0 Å². The molecule has 5 heteroatoms. The molecule has 0 radical (unpaired) electrons. The number of nitrogens with zero attached hydrogens (tertiary/aromatic N) is 3. The van der Waals surface area contributed by atoms with E-state index < -0.39 is 0 Å². The van der Waals surface area contributed by atoms with Gasteiger partial charge in [-0.05, 0) is 62.4 Å². The lowest BCUT2D eigenvalue weighted by atomic mass is 10.1. The van der Waals surface area contributed by atoms with Crippen molar-refractivity contribution in [2.45, 2.75) is 45.6 Å². The predicted octanol–water partition coefficient (Wildman–Crippen LogP) is 5.51. The molecular formula is C27H32N4O. The van der Waals surface area contributed by atoms with Gasteiger partial charge in [0.2, 0.25) is 5.91 Å². The van der Waals surface area contributed by atoms with Gasteiger partial charge in [-0.3, -0.25) is 9.89 Å². The summed E-state index contributed by atoms with van der Waals surface area (Å²) in [5, 5.41) is 8.09. The van der Waals surface area contributed by atoms with Crippen LogP contribution in [-0.4, -0.2) is 38.2 Å². The van der Waals surface area contributed by atoms with Gasteiger partial charge < -0.3 is 9.47 Å². The molecule has 1 fully saturated rings. The Morgan fingerprint density at radius 1 is 1.12 bits per heavy atom. The second-order valence-electron chi connectivity index (χ2n) is 8.67. The van der Waals surface area contributed by atoms with Crippen LogP contribution in [0, 0.1) is 6.92 Å². The van der Waals surface area contributed by atoms with E-state index in [0.29, 0.717) is 18.4 Å². The molecular weight excluding hydrogens is 396 g/mol. The third-order valence-electron chi connectivity index (χ3n) is 6.46. The minimum absolute atomic E-state index is 0.314. The lowest BCUT2D eigenvalue weighted by Gasteiger charge is -2.21. The average Bonchev–Trinajstić information content (AvgIpc) is 3.55. The van der Waals surface area contributed by atoms with E-state index in [1.165, 1.54) is 27.7 Å². The molecule has 5 nitrogen and oxygen atoms in total. The molecule has 1 aliphatic rings. The number of amides is 1. The zero-order valence-electron chi connectivity index (χ0n) is 19.2. The first-order valence-electron chi connectivity index (χ1n) is 11.4. The van der Waals surface area contributed by atoms with E-state index in [9.17, 15) is 4.79 Å². The number of likely N-dealkylation sites (tertiary alicyclic amines) is 1. The number of rotatable bonds is 4. The maximum Gasteiger partial charge on any atom is 0.223 e. The number of aromatic nitrogens is 3. The van der Waals surface area contributed by atoms with E-state index in [1.54, 1.807) is 0 Å². The minimum Gasteiger partial charge on any atom is -0.348 e. The highest BCUT2D eigenvalue weighted by Crippen LogP contribution is 2.25. The molecule has 5 rings (SSSR count). The second-order valence-corrected chi connectivity index (χ2v) is 8.67. The van der Waals surface area contributed by atoms with Crippen molar-refractivity contribution in [3.05, 3.63) is 78.2 Å². The van der Waals surface area contributed by atoms with Crippen molar-refractivity contribution in [3.8, 4) is 11.1 Å². The normalized spacial score (nSPS) is 15.6. The molecule has 0 spiro atoms. The Bertz CT molecular complexity index is 1160. The maximum atomic E-state index is 12.0. The Balaban J connectivity index is 0.000000153. The predicted molar refractivity (Wildman–Crippen MR) is 130 cm³/mol. The molecule has 0 unspecified atom stereocenters. The van der Waals surface area contributed by atoms with Gasteiger partial charge in [-0.25, -0.2) is 0 Å². The van der Waals surface area contributed by atoms with Gasteiger partial charge in [-0.15, -0.1) is 0 Å². The van der Waals surface area contributed by atoms with Crippen molar-refractivity contribution in [2.24, 2.45) is 7.05 Å². The summed E-state index contributed by atoms with van der Waals surface area (Å²) >= 11 is 0. The quantitative estimate of drug-likeness (QED) is 0.466. The Kier molecular flexibility index (Phi) is 6.74. The van der Waals surface area contributed by atoms with E-state index in [0.717, 1.165) is 31.4 Å². The lowest BCUT2D eigenvalue weighted by molar-refractivity contribution is -0.131. The van der Waals surface area contributed by atoms with Crippen LogP contribution in [0.3, 0.4) is 0 Å². The third-order valence-corrected chi connectivity index (χ3v) is 6.46. The summed E-state index contributed by atoms with van der Waals surface area (Å²) in [5.41, 5.74) is 6.13. The molecule has 2 aromatic heterocycles. The van der Waals surface area contributed by atoms with Crippen LogP contribution in [0.1, 0.15) is 37.4 Å². The molecule has 1 N–H and O–H groups in total. The number of carbonyl (C=O) groups is 1. The fourth-order valence-electron chi connectivity index (χ4n) is 4.42. The zero-order valence-corrected chi connectivity index (χ0v) is 19.2. The van der Waals surface area contributed by atoms with Crippen molar-refractivity contribution in [1.82, 2.24) is 19.7 Å². The highest BCUT2D eigenvalue weighted by Gasteiger charge is 2.24. The van der Waals surface area contributed by atoms with Gasteiger partial charge in [-0.1, -0.05) is 36.4 Å². The van der Waals surface area contributed by atoms with Crippen molar-refractivity contribution in [1.29, 1.82) is 0 Å². The van der Waals surface area contributed by atoms with Gasteiger partial charge in [0.25, 0.3) is 0 Å². The second kappa shape index (κ2) is 9.86. The largest absolute Gasteiger partial charge is 0.348 e. The molecule has 32 heavy (non-hydrogen) atoms. The fraction of sp³-hybridized carbons (Fsp3) is 0.333. The number of fused-ring (bicyclic) bond motifs is 1. The minimum atomic E-state index is 0.314. The van der Waals surface area contributed by atoms with E-state index in [-0.39, 0.29) is 0 Å². The molecule has 166 valence electrons. The van der Waals surface area contributed by atoms with Gasteiger partial charge in [0.05, 0.1) is 6.20 Å². The van der Waals surface area contributed by atoms with Crippen LogP contribution in [-0.2, 0) is 18.3 Å². The van der Waals surface area contributed by atoms with Gasteiger partial charge in [0, 0.05) is 54.4 Å². The molecule has 0 aliphatic carbocycles. The standard InChI is InChI=1S/C14H19NO.C13H13N3/c1-12-6-5-11-15(12)14(16)10-9-13-7-3-2-4-8-13;1-9-5-11-6-10(12-7-14-15-8-12)3-4-13(11)16(9)2/h2-4,7-8,12H,5-6,9-11H2,1H3;3-8H,1-2H3,(H,14,15)/t12-;/m0./s1. The Hall–Kier alpha value is -3.34. The topological polar surface area (TPSA) is 53.9 Å². The third kappa shape index (κ3) is 4.93. The van der Waals surface area contributed by atoms with Crippen molar-refractivity contribution >= 4 is 16.8 Å². The van der Waals surface area contributed by atoms with Gasteiger partial charge in [-0.2, -0.15) is 5.10 Å². The number of H-pyrrole nitrogens is 1. The number of nitrogens with one attached hydrogen (secondary N) is 1. The van der Waals surface area contributed by atoms with Crippen LogP contribution in [0.15, 0.2) is 67.0 Å². The van der Waals surface area contributed by atoms with Crippen molar-refractivity contribution in [2.75, 3.05) is 6.54 Å². The fourth-order valence-corrected chi connectivity index (χ4v) is 4.42. The molecule has 0 saturated carbocycles. The van der Waals surface area contributed by atoms with E-state index >= 15 is 0 Å². The number of aromatic amines is 1. The number of hydrogen-bond donors (Lipinski definition) is 1. The van der Waals surface area contributed by atoms with Crippen LogP contribution in [0.5, 0.6) is 0 Å². The van der Waals surface area contributed by atoms with E-state index in [4.69, 9.17) is 0 Å². The maximum absolute atomic E-state index is 12.0. The molecule has 1 aliphatic heterocycles. The summed E-state index contributed by atoms with van der Waals surface area (Å²) in [6, 6.07) is 19.4. The Labute approximate surface area is 190 Å². The number of benzene rings is 2. The molecule has 1 amide bonds. The Morgan fingerprint density at radius 3 is 2.62 bits per heavy atom. The highest BCUT2D eigenvalue weighted by atomic mass is 16.2. The summed E-state index contributed by atoms with van der Waals surface area (Å²) in [6.45, 7) is 5.22. The van der Waals surface area contributed by atoms with Crippen LogP contribution >= 0.6 is 0 Å². The molecule has 2 aromatic carbocycles. The summed E-state index contributed by atoms with van der Waals surface area (Å²) < 4.78 is 2.20. The molecule has 0 bridgehead atoms. The van der Waals surface area contributed by atoms with Crippen LogP contribution in [0.4, 0.5) is 0 Å². The summed E-state index contributed by atoms with van der Waals surface area (Å²) in [4.78, 5) is 14.0. The first-order valence-corrected chi connectivity index (χ1v) is 11.4. The monoisotopic (exact) mass is 428 g/mol. The molecule has 3 heterocycles. The smallest absolute Gasteiger partial charge is 0.223 e. The van der Waals surface area contributed by atoms with Gasteiger partial charge >= 0.3 is 0 Å². The molecule has 4 aromatic rings. The van der Waals surface area contributed by atoms with E-state index in [1.807, 2.05) is 35.5 Å². The summed E-state index contributed by atoms with van der Waals surface area (Å²) in [5.74, 6) is 0.314. The Morgan fingerprint density at radius 2 is 1.94 bits per heavy atom. The zero-order chi connectivity index (χ0) is 22.5. The average molecular weight is 429 g/mol. The van der Waals surface area contributed by atoms with Gasteiger partial charge in [0.1, 0.15) is 0 Å². The first-order chi connectivity index (χ1) is 15.5. The van der Waals surface area contributed by atoms with Crippen molar-refractivity contribution in [3.63, 3.8) is 0 Å². The summed E-state index contributed by atoms with van der Waals surface area (Å²) in [7, 11) is 2.09. The number of hydrogen-bond acceptors (Lipinski definition) is 2.